The highest BCUT2D eigenvalue weighted by Crippen LogP contribution is 2.34. The number of hydrogen-bond donors (Lipinski definition) is 0. The second-order valence-electron chi connectivity index (χ2n) is 3.03. The van der Waals surface area contributed by atoms with E-state index in [0.29, 0.717) is 19.8 Å². The largest absolute Gasteiger partial charge is 0.508 e. The lowest BCUT2D eigenvalue weighted by Crippen LogP contribution is -2.51. The highest BCUT2D eigenvalue weighted by atomic mass is 28.4. The molecule has 1 aliphatic rings. The summed E-state index contributed by atoms with van der Waals surface area (Å²) in [4.78, 5) is 0. The maximum atomic E-state index is 5.75. The molecule has 0 atom stereocenters. The fourth-order valence-corrected chi connectivity index (χ4v) is 4.01. The highest BCUT2D eigenvalue weighted by molar-refractivity contribution is 6.68. The van der Waals surface area contributed by atoms with Gasteiger partial charge in [0.2, 0.25) is 0 Å². The van der Waals surface area contributed by atoms with E-state index < -0.39 is 8.80 Å². The molecule has 1 rings (SSSR count). The molecular weight excluding hydrogens is 208 g/mol. The monoisotopic (exact) mass is 227 g/mol. The van der Waals surface area contributed by atoms with Crippen LogP contribution in [-0.4, -0.2) is 28.6 Å². The molecule has 15 heavy (non-hydrogen) atoms. The summed E-state index contributed by atoms with van der Waals surface area (Å²) in [6.45, 7) is 7.71. The minimum absolute atomic E-state index is 0.609. The zero-order valence-corrected chi connectivity index (χ0v) is 10.7. The van der Waals surface area contributed by atoms with E-state index >= 15 is 0 Å². The Bertz CT molecular complexity index is 152. The van der Waals surface area contributed by atoms with Gasteiger partial charge in [-0.3, -0.25) is 0 Å². The van der Waals surface area contributed by atoms with E-state index in [9.17, 15) is 0 Å². The van der Waals surface area contributed by atoms with Gasteiger partial charge in [-0.25, -0.2) is 0 Å². The normalized spacial score (nSPS) is 18.6. The molecule has 3 nitrogen and oxygen atoms in total. The van der Waals surface area contributed by atoms with Crippen molar-refractivity contribution in [3.63, 3.8) is 0 Å². The van der Waals surface area contributed by atoms with Gasteiger partial charge in [-0.05, 0) is 46.5 Å². The Morgan fingerprint density at radius 2 is 1.27 bits per heavy atom. The van der Waals surface area contributed by atoms with Crippen LogP contribution < -0.4 is 0 Å². The van der Waals surface area contributed by atoms with E-state index in [4.69, 9.17) is 13.3 Å². The quantitative estimate of drug-likeness (QED) is 0.622. The van der Waals surface area contributed by atoms with Crippen LogP contribution in [0.1, 0.15) is 20.8 Å². The van der Waals surface area contributed by atoms with Gasteiger partial charge in [-0.15, -0.1) is 0 Å². The van der Waals surface area contributed by atoms with E-state index in [0.717, 1.165) is 5.54 Å². The third kappa shape index (κ3) is 3.28. The molecule has 0 heterocycles. The van der Waals surface area contributed by atoms with Crippen LogP contribution >= 0.6 is 0 Å². The molecule has 0 aromatic carbocycles. The summed E-state index contributed by atoms with van der Waals surface area (Å²) in [7, 11) is -2.62. The predicted molar refractivity (Wildman–Crippen MR) is 61.1 cm³/mol. The average Bonchev–Trinajstić information content (AvgIpc) is 2.72. The maximum Gasteiger partial charge on any atom is 0.508 e. The van der Waals surface area contributed by atoms with Gasteiger partial charge in [0.15, 0.2) is 0 Å². The minimum Gasteiger partial charge on any atom is -0.373 e. The van der Waals surface area contributed by atoms with Crippen LogP contribution in [0.3, 0.4) is 0 Å². The van der Waals surface area contributed by atoms with Crippen molar-refractivity contribution in [2.45, 2.75) is 20.8 Å². The van der Waals surface area contributed by atoms with Crippen LogP contribution in [0, 0.1) is 31.2 Å². The number of hydrogen-bond acceptors (Lipinski definition) is 3. The van der Waals surface area contributed by atoms with Gasteiger partial charge in [-0.2, -0.15) is 0 Å². The summed E-state index contributed by atoms with van der Waals surface area (Å²) >= 11 is 0. The highest BCUT2D eigenvalue weighted by Gasteiger charge is 2.50. The maximum absolute atomic E-state index is 5.75. The van der Waals surface area contributed by atoms with Crippen molar-refractivity contribution in [1.29, 1.82) is 0 Å². The molecule has 0 bridgehead atoms. The molecule has 0 spiro atoms. The molecule has 5 radical (unpaired) electrons. The summed E-state index contributed by atoms with van der Waals surface area (Å²) < 4.78 is 17.2. The SMILES string of the molecule is CCO[Si](OCC)(OCC)[C]1[CH][CH][CH][CH]1. The topological polar surface area (TPSA) is 27.7 Å². The first-order valence-electron chi connectivity index (χ1n) is 5.43. The van der Waals surface area contributed by atoms with Gasteiger partial charge in [0, 0.05) is 19.8 Å². The summed E-state index contributed by atoms with van der Waals surface area (Å²) in [6.07, 6.45) is 7.97. The first-order valence-corrected chi connectivity index (χ1v) is 7.15. The van der Waals surface area contributed by atoms with Crippen LogP contribution in [-0.2, 0) is 13.3 Å². The Morgan fingerprint density at radius 3 is 1.60 bits per heavy atom. The van der Waals surface area contributed by atoms with Crippen LogP contribution in [0.2, 0.25) is 0 Å². The van der Waals surface area contributed by atoms with Gasteiger partial charge >= 0.3 is 8.80 Å². The Hall–Kier alpha value is 0.0969. The lowest BCUT2D eigenvalue weighted by atomic mass is 10.4. The van der Waals surface area contributed by atoms with Crippen molar-refractivity contribution in [1.82, 2.24) is 0 Å². The Labute approximate surface area is 94.5 Å². The van der Waals surface area contributed by atoms with Crippen molar-refractivity contribution >= 4 is 8.80 Å². The third-order valence-corrected chi connectivity index (χ3v) is 5.07. The molecule has 1 fully saturated rings. The van der Waals surface area contributed by atoms with Crippen molar-refractivity contribution in [3.05, 3.63) is 31.2 Å². The average molecular weight is 227 g/mol. The lowest BCUT2D eigenvalue weighted by molar-refractivity contribution is 0.0766. The molecule has 0 saturated heterocycles. The van der Waals surface area contributed by atoms with E-state index in [2.05, 4.69) is 0 Å². The molecule has 85 valence electrons. The third-order valence-electron chi connectivity index (χ3n) is 2.02. The second-order valence-corrected chi connectivity index (χ2v) is 5.58. The molecular formula is C11H19O3Si. The van der Waals surface area contributed by atoms with Crippen LogP contribution in [0.5, 0.6) is 0 Å². The fourth-order valence-electron chi connectivity index (χ4n) is 1.52. The molecule has 4 heteroatoms. The Morgan fingerprint density at radius 1 is 0.867 bits per heavy atom. The second kappa shape index (κ2) is 6.63. The zero-order valence-electron chi connectivity index (χ0n) is 9.66. The van der Waals surface area contributed by atoms with Gasteiger partial charge < -0.3 is 13.3 Å². The summed E-state index contributed by atoms with van der Waals surface area (Å²) in [6, 6.07) is 0. The van der Waals surface area contributed by atoms with Crippen molar-refractivity contribution < 1.29 is 13.3 Å². The van der Waals surface area contributed by atoms with Crippen molar-refractivity contribution in [2.75, 3.05) is 19.8 Å². The molecule has 0 aliphatic heterocycles. The minimum atomic E-state index is -2.62. The zero-order chi connectivity index (χ0) is 11.1. The molecule has 0 aromatic rings. The van der Waals surface area contributed by atoms with E-state index in [1.54, 1.807) is 0 Å². The standard InChI is InChI=1S/C11H19O3Si/c1-4-12-15(13-5-2,14-6-3)11-9-7-8-10-11/h7-10H,4-6H2,1-3H3. The molecule has 0 N–H and O–H groups in total. The Kier molecular flexibility index (Phi) is 5.82. The van der Waals surface area contributed by atoms with Gasteiger partial charge in [0.05, 0.1) is 5.54 Å². The Balaban J connectivity index is 2.68. The summed E-state index contributed by atoms with van der Waals surface area (Å²) in [5, 5.41) is 0. The van der Waals surface area contributed by atoms with Gasteiger partial charge in [0.25, 0.3) is 0 Å². The lowest BCUT2D eigenvalue weighted by Gasteiger charge is -2.32. The van der Waals surface area contributed by atoms with Crippen LogP contribution in [0.25, 0.3) is 0 Å². The molecule has 1 saturated carbocycles. The van der Waals surface area contributed by atoms with Crippen LogP contribution in [0.4, 0.5) is 0 Å². The first-order chi connectivity index (χ1) is 7.29. The molecule has 0 unspecified atom stereocenters. The summed E-state index contributed by atoms with van der Waals surface area (Å²) in [5.74, 6) is 0. The smallest absolute Gasteiger partial charge is 0.373 e. The van der Waals surface area contributed by atoms with E-state index in [1.807, 2.05) is 46.5 Å². The molecule has 0 aromatic heterocycles. The fraction of sp³-hybridized carbons (Fsp3) is 0.545. The van der Waals surface area contributed by atoms with Gasteiger partial charge in [-0.1, -0.05) is 0 Å². The molecule has 1 aliphatic carbocycles. The summed E-state index contributed by atoms with van der Waals surface area (Å²) in [5.41, 5.74) is 1.05. The molecule has 0 amide bonds. The number of rotatable bonds is 7. The first kappa shape index (κ1) is 13.2. The predicted octanol–water partition coefficient (Wildman–Crippen LogP) is 1.98. The van der Waals surface area contributed by atoms with Gasteiger partial charge in [0.1, 0.15) is 0 Å². The van der Waals surface area contributed by atoms with E-state index in [1.165, 1.54) is 0 Å². The van der Waals surface area contributed by atoms with Crippen molar-refractivity contribution in [2.24, 2.45) is 0 Å². The van der Waals surface area contributed by atoms with E-state index in [-0.39, 0.29) is 0 Å². The van der Waals surface area contributed by atoms with Crippen LogP contribution in [0.15, 0.2) is 0 Å². The van der Waals surface area contributed by atoms with Crippen molar-refractivity contribution in [3.8, 4) is 0 Å².